The van der Waals surface area contributed by atoms with Crippen LogP contribution in [0.3, 0.4) is 0 Å². The van der Waals surface area contributed by atoms with Crippen LogP contribution < -0.4 is 10.1 Å². The molecule has 0 aliphatic carbocycles. The molecule has 0 amide bonds. The van der Waals surface area contributed by atoms with E-state index in [0.29, 0.717) is 0 Å². The first kappa shape index (κ1) is 18.3. The van der Waals surface area contributed by atoms with Crippen molar-refractivity contribution < 1.29 is 9.84 Å². The number of ether oxygens (including phenoxy) is 1. The van der Waals surface area contributed by atoms with E-state index in [1.807, 2.05) is 51.1 Å². The van der Waals surface area contributed by atoms with Crippen LogP contribution >= 0.6 is 12.4 Å². The maximum atomic E-state index is 9.87. The molecule has 0 bridgehead atoms. The van der Waals surface area contributed by atoms with Crippen molar-refractivity contribution in [1.82, 2.24) is 25.5 Å². The number of hydrogen-bond acceptors (Lipinski definition) is 6. The fourth-order valence-corrected chi connectivity index (χ4v) is 1.77. The van der Waals surface area contributed by atoms with Gasteiger partial charge in [0, 0.05) is 5.54 Å². The molecule has 0 saturated heterocycles. The van der Waals surface area contributed by atoms with Gasteiger partial charge in [0.15, 0.2) is 6.23 Å². The van der Waals surface area contributed by atoms with Crippen LogP contribution in [0.4, 0.5) is 0 Å². The van der Waals surface area contributed by atoms with Crippen LogP contribution in [0.2, 0.25) is 0 Å². The van der Waals surface area contributed by atoms with Crippen LogP contribution in [0.25, 0.3) is 5.69 Å². The Morgan fingerprint density at radius 1 is 1.23 bits per heavy atom. The quantitative estimate of drug-likeness (QED) is 0.811. The summed E-state index contributed by atoms with van der Waals surface area (Å²) in [5.41, 5.74) is 0.574. The van der Waals surface area contributed by atoms with E-state index in [2.05, 4.69) is 20.8 Å². The Bertz CT molecular complexity index is 568. The summed E-state index contributed by atoms with van der Waals surface area (Å²) >= 11 is 0. The lowest BCUT2D eigenvalue weighted by Crippen LogP contribution is -2.52. The van der Waals surface area contributed by atoms with Gasteiger partial charge >= 0.3 is 6.01 Å². The highest BCUT2D eigenvalue weighted by Gasteiger charge is 2.25. The van der Waals surface area contributed by atoms with Gasteiger partial charge in [-0.1, -0.05) is 23.3 Å². The lowest BCUT2D eigenvalue weighted by molar-refractivity contribution is 0.00424. The number of nitrogens with one attached hydrogen (secondary N) is 1. The molecule has 2 aromatic rings. The van der Waals surface area contributed by atoms with Gasteiger partial charge in [-0.05, 0) is 50.3 Å². The molecule has 22 heavy (non-hydrogen) atoms. The summed E-state index contributed by atoms with van der Waals surface area (Å²) in [6.07, 6.45) is -1.33. The van der Waals surface area contributed by atoms with E-state index in [0.717, 1.165) is 5.69 Å². The number of hydrogen-bond donors (Lipinski definition) is 2. The Morgan fingerprint density at radius 3 is 2.41 bits per heavy atom. The Balaban J connectivity index is 0.00000242. The number of benzene rings is 1. The zero-order valence-corrected chi connectivity index (χ0v) is 13.9. The highest BCUT2D eigenvalue weighted by molar-refractivity contribution is 5.85. The predicted molar refractivity (Wildman–Crippen MR) is 85.4 cm³/mol. The summed E-state index contributed by atoms with van der Waals surface area (Å²) in [5, 5.41) is 24.5. The van der Waals surface area contributed by atoms with Gasteiger partial charge in [-0.15, -0.1) is 12.4 Å². The Kier molecular flexibility index (Phi) is 6.28. The molecule has 0 aliphatic heterocycles. The molecule has 2 atom stereocenters. The Morgan fingerprint density at radius 2 is 1.86 bits per heavy atom. The minimum Gasteiger partial charge on any atom is -0.440 e. The summed E-state index contributed by atoms with van der Waals surface area (Å²) < 4.78 is 7.23. The molecule has 122 valence electrons. The second-order valence-corrected chi connectivity index (χ2v) is 5.88. The van der Waals surface area contributed by atoms with Crippen LogP contribution in [-0.4, -0.2) is 43.2 Å². The third-order valence-electron chi connectivity index (χ3n) is 2.69. The fraction of sp³-hybridized carbons (Fsp3) is 0.500. The predicted octanol–water partition coefficient (Wildman–Crippen LogP) is 1.56. The van der Waals surface area contributed by atoms with E-state index >= 15 is 0 Å². The summed E-state index contributed by atoms with van der Waals surface area (Å²) in [5.74, 6) is 0. The fourth-order valence-electron chi connectivity index (χ4n) is 1.77. The van der Waals surface area contributed by atoms with Gasteiger partial charge in [0.1, 0.15) is 6.10 Å². The molecule has 1 aromatic heterocycles. The first-order valence-corrected chi connectivity index (χ1v) is 6.83. The van der Waals surface area contributed by atoms with Crippen LogP contribution in [0.15, 0.2) is 30.3 Å². The number of halogens is 1. The normalized spacial score (nSPS) is 14.0. The van der Waals surface area contributed by atoms with Crippen molar-refractivity contribution in [3.63, 3.8) is 0 Å². The molecule has 7 nitrogen and oxygen atoms in total. The Hall–Kier alpha value is -1.70. The molecule has 1 aromatic carbocycles. The van der Waals surface area contributed by atoms with E-state index in [9.17, 15) is 5.11 Å². The Labute approximate surface area is 136 Å². The van der Waals surface area contributed by atoms with Crippen molar-refractivity contribution in [2.75, 3.05) is 0 Å². The average Bonchev–Trinajstić information content (AvgIpc) is 2.85. The molecule has 8 heteroatoms. The maximum absolute atomic E-state index is 9.87. The van der Waals surface area contributed by atoms with Gasteiger partial charge in [0.2, 0.25) is 0 Å². The maximum Gasteiger partial charge on any atom is 0.342 e. The third kappa shape index (κ3) is 4.94. The highest BCUT2D eigenvalue weighted by atomic mass is 35.5. The van der Waals surface area contributed by atoms with Crippen LogP contribution in [0.1, 0.15) is 27.7 Å². The smallest absolute Gasteiger partial charge is 0.342 e. The van der Waals surface area contributed by atoms with E-state index < -0.39 is 12.3 Å². The minimum atomic E-state index is -0.717. The topological polar surface area (TPSA) is 85.1 Å². The monoisotopic (exact) mass is 327 g/mol. The van der Waals surface area contributed by atoms with E-state index in [4.69, 9.17) is 4.74 Å². The number of aliphatic hydroxyl groups excluding tert-OH is 1. The van der Waals surface area contributed by atoms with Gasteiger partial charge in [-0.25, -0.2) is 0 Å². The van der Waals surface area contributed by atoms with Gasteiger partial charge in [-0.2, -0.15) is 4.68 Å². The first-order valence-electron chi connectivity index (χ1n) is 6.83. The van der Waals surface area contributed by atoms with E-state index in [-0.39, 0.29) is 24.0 Å². The second-order valence-electron chi connectivity index (χ2n) is 5.88. The zero-order chi connectivity index (χ0) is 15.5. The molecule has 0 saturated carbocycles. The number of aliphatic hydroxyl groups is 1. The van der Waals surface area contributed by atoms with Crippen molar-refractivity contribution in [1.29, 1.82) is 0 Å². The van der Waals surface area contributed by atoms with Crippen LogP contribution in [0, 0.1) is 0 Å². The molecule has 1 heterocycles. The number of aromatic nitrogens is 4. The van der Waals surface area contributed by atoms with E-state index in [1.165, 1.54) is 4.68 Å². The third-order valence-corrected chi connectivity index (χ3v) is 2.69. The summed E-state index contributed by atoms with van der Waals surface area (Å²) in [4.78, 5) is 0. The summed E-state index contributed by atoms with van der Waals surface area (Å²) in [6.45, 7) is 7.63. The van der Waals surface area contributed by atoms with E-state index in [1.54, 1.807) is 6.92 Å². The molecule has 0 radical (unpaired) electrons. The molecular weight excluding hydrogens is 306 g/mol. The molecule has 0 aliphatic rings. The molecule has 0 spiro atoms. The van der Waals surface area contributed by atoms with Crippen molar-refractivity contribution in [2.45, 2.75) is 45.6 Å². The van der Waals surface area contributed by atoms with Crippen LogP contribution in [-0.2, 0) is 0 Å². The number of para-hydroxylation sites is 1. The lowest BCUT2D eigenvalue weighted by Gasteiger charge is -2.29. The van der Waals surface area contributed by atoms with Crippen molar-refractivity contribution in [2.24, 2.45) is 0 Å². The van der Waals surface area contributed by atoms with Crippen molar-refractivity contribution in [3.8, 4) is 11.7 Å². The molecule has 2 unspecified atom stereocenters. The van der Waals surface area contributed by atoms with Gasteiger partial charge in [0.25, 0.3) is 0 Å². The lowest BCUT2D eigenvalue weighted by atomic mass is 10.1. The first-order chi connectivity index (χ1) is 9.87. The SMILES string of the molecule is CC(O)C(NC(C)(C)C)Oc1nnnn1-c1ccccc1.Cl. The van der Waals surface area contributed by atoms with Crippen LogP contribution in [0.5, 0.6) is 6.01 Å². The largest absolute Gasteiger partial charge is 0.440 e. The molecule has 0 fully saturated rings. The second kappa shape index (κ2) is 7.53. The zero-order valence-electron chi connectivity index (χ0n) is 13.1. The van der Waals surface area contributed by atoms with Gasteiger partial charge in [-0.3, -0.25) is 5.32 Å². The summed E-state index contributed by atoms with van der Waals surface area (Å²) in [7, 11) is 0. The number of tetrazole rings is 1. The molecule has 2 N–H and O–H groups in total. The van der Waals surface area contributed by atoms with Crippen molar-refractivity contribution in [3.05, 3.63) is 30.3 Å². The average molecular weight is 328 g/mol. The number of nitrogens with zero attached hydrogens (tertiary/aromatic N) is 4. The van der Waals surface area contributed by atoms with Crippen molar-refractivity contribution >= 4 is 12.4 Å². The highest BCUT2D eigenvalue weighted by Crippen LogP contribution is 2.15. The van der Waals surface area contributed by atoms with Gasteiger partial charge in [0.05, 0.1) is 5.69 Å². The molecular formula is C14H22ClN5O2. The number of rotatable bonds is 5. The minimum absolute atomic E-state index is 0. The standard InChI is InChI=1S/C14H21N5O2.ClH/c1-10(20)12(15-14(2,3)4)21-13-16-17-18-19(13)11-8-6-5-7-9-11;/h5-10,12,15,20H,1-4H3;1H. The molecule has 2 rings (SSSR count). The summed E-state index contributed by atoms with van der Waals surface area (Å²) in [6, 6.07) is 9.66. The van der Waals surface area contributed by atoms with Gasteiger partial charge < -0.3 is 9.84 Å².